The van der Waals surface area contributed by atoms with Crippen LogP contribution in [0.2, 0.25) is 5.02 Å². The van der Waals surface area contributed by atoms with Gasteiger partial charge in [-0.1, -0.05) is 11.6 Å². The number of hydrogen-bond donors (Lipinski definition) is 1. The second-order valence-corrected chi connectivity index (χ2v) is 8.81. The molecule has 5 nitrogen and oxygen atoms in total. The molecule has 0 saturated carbocycles. The van der Waals surface area contributed by atoms with Crippen molar-refractivity contribution in [3.05, 3.63) is 75.7 Å². The van der Waals surface area contributed by atoms with Crippen LogP contribution >= 0.6 is 22.9 Å². The van der Waals surface area contributed by atoms with Crippen molar-refractivity contribution in [2.75, 3.05) is 16.7 Å². The van der Waals surface area contributed by atoms with Crippen LogP contribution in [0.25, 0.3) is 0 Å². The van der Waals surface area contributed by atoms with Gasteiger partial charge < -0.3 is 5.32 Å². The summed E-state index contributed by atoms with van der Waals surface area (Å²) in [4.78, 5) is 12.5. The van der Waals surface area contributed by atoms with Crippen molar-refractivity contribution in [2.45, 2.75) is 4.90 Å². The molecule has 3 aromatic rings. The van der Waals surface area contributed by atoms with E-state index >= 15 is 0 Å². The fraction of sp³-hybridized carbons (Fsp3) is 0.0556. The smallest absolute Gasteiger partial charge is 0.267 e. The topological polar surface area (TPSA) is 66.5 Å². The van der Waals surface area contributed by atoms with Gasteiger partial charge >= 0.3 is 0 Å². The minimum Gasteiger partial charge on any atom is -0.321 e. The molecule has 0 unspecified atom stereocenters. The summed E-state index contributed by atoms with van der Waals surface area (Å²) in [5, 5.41) is 4.59. The van der Waals surface area contributed by atoms with E-state index in [2.05, 4.69) is 5.32 Å². The van der Waals surface area contributed by atoms with Gasteiger partial charge in [-0.2, -0.15) is 0 Å². The van der Waals surface area contributed by atoms with E-state index in [9.17, 15) is 17.6 Å². The highest BCUT2D eigenvalue weighted by Crippen LogP contribution is 2.29. The van der Waals surface area contributed by atoms with Crippen molar-refractivity contribution in [2.24, 2.45) is 0 Å². The predicted molar refractivity (Wildman–Crippen MR) is 106 cm³/mol. The Balaban J connectivity index is 1.89. The number of benzene rings is 2. The van der Waals surface area contributed by atoms with Crippen molar-refractivity contribution < 1.29 is 17.6 Å². The zero-order valence-electron chi connectivity index (χ0n) is 14.0. The zero-order chi connectivity index (χ0) is 19.6. The number of hydrogen-bond acceptors (Lipinski definition) is 4. The molecular weight excluding hydrogens is 411 g/mol. The van der Waals surface area contributed by atoms with Gasteiger partial charge in [0.05, 0.1) is 5.69 Å². The minimum absolute atomic E-state index is 0.0418. The number of nitrogens with one attached hydrogen (secondary N) is 1. The van der Waals surface area contributed by atoms with Gasteiger partial charge in [-0.25, -0.2) is 12.8 Å². The summed E-state index contributed by atoms with van der Waals surface area (Å²) in [6.07, 6.45) is 0. The third-order valence-electron chi connectivity index (χ3n) is 3.77. The van der Waals surface area contributed by atoms with E-state index in [1.54, 1.807) is 24.3 Å². The lowest BCUT2D eigenvalue weighted by molar-refractivity contribution is 0.102. The van der Waals surface area contributed by atoms with Gasteiger partial charge in [-0.3, -0.25) is 9.10 Å². The Hall–Kier alpha value is -2.42. The maximum atomic E-state index is 13.0. The Kier molecular flexibility index (Phi) is 5.50. The minimum atomic E-state index is -3.96. The second kappa shape index (κ2) is 7.67. The highest BCUT2D eigenvalue weighted by atomic mass is 35.5. The molecule has 0 spiro atoms. The molecule has 0 saturated heterocycles. The molecule has 1 amide bonds. The highest BCUT2D eigenvalue weighted by molar-refractivity contribution is 7.93. The third-order valence-corrected chi connectivity index (χ3v) is 6.89. The van der Waals surface area contributed by atoms with Gasteiger partial charge in [0.2, 0.25) is 0 Å². The van der Waals surface area contributed by atoms with E-state index < -0.39 is 21.7 Å². The maximum Gasteiger partial charge on any atom is 0.267 e. The number of anilines is 2. The van der Waals surface area contributed by atoms with E-state index in [0.29, 0.717) is 16.4 Å². The predicted octanol–water partition coefficient (Wildman–Crippen LogP) is 4.62. The summed E-state index contributed by atoms with van der Waals surface area (Å²) in [6.45, 7) is 0. The summed E-state index contributed by atoms with van der Waals surface area (Å²) >= 11 is 6.85. The van der Waals surface area contributed by atoms with Crippen LogP contribution in [-0.4, -0.2) is 21.4 Å². The van der Waals surface area contributed by atoms with Crippen LogP contribution in [0.4, 0.5) is 15.8 Å². The van der Waals surface area contributed by atoms with Crippen molar-refractivity contribution in [3.8, 4) is 0 Å². The average Bonchev–Trinajstić information content (AvgIpc) is 3.14. The van der Waals surface area contributed by atoms with Crippen molar-refractivity contribution >= 4 is 50.2 Å². The molecule has 0 atom stereocenters. The van der Waals surface area contributed by atoms with Gasteiger partial charge in [0.25, 0.3) is 15.9 Å². The Morgan fingerprint density at radius 3 is 2.33 bits per heavy atom. The van der Waals surface area contributed by atoms with E-state index in [-0.39, 0.29) is 9.77 Å². The number of halogens is 2. The first-order valence-electron chi connectivity index (χ1n) is 7.68. The van der Waals surface area contributed by atoms with Crippen molar-refractivity contribution in [1.82, 2.24) is 0 Å². The van der Waals surface area contributed by atoms with Crippen LogP contribution in [0.5, 0.6) is 0 Å². The number of nitrogens with zero attached hydrogens (tertiary/aromatic N) is 1. The Labute approximate surface area is 165 Å². The molecule has 0 aliphatic carbocycles. The molecule has 9 heteroatoms. The molecule has 27 heavy (non-hydrogen) atoms. The lowest BCUT2D eigenvalue weighted by Gasteiger charge is -2.19. The first-order valence-corrected chi connectivity index (χ1v) is 10.4. The molecule has 140 valence electrons. The van der Waals surface area contributed by atoms with E-state index in [4.69, 9.17) is 11.6 Å². The van der Waals surface area contributed by atoms with Gasteiger partial charge in [0.1, 0.15) is 15.6 Å². The number of carbonyl (C=O) groups is 1. The van der Waals surface area contributed by atoms with Crippen LogP contribution in [0.15, 0.2) is 64.9 Å². The quantitative estimate of drug-likeness (QED) is 0.650. The summed E-state index contributed by atoms with van der Waals surface area (Å²) in [5.41, 5.74) is 0.777. The Morgan fingerprint density at radius 2 is 1.70 bits per heavy atom. The maximum absolute atomic E-state index is 13.0. The fourth-order valence-corrected chi connectivity index (χ4v) is 4.94. The van der Waals surface area contributed by atoms with Crippen molar-refractivity contribution in [3.63, 3.8) is 0 Å². The number of sulfonamides is 1. The molecule has 0 fully saturated rings. The molecule has 0 aliphatic rings. The SMILES string of the molecule is CN(c1ccc(Cl)cc1)S(=O)(=O)c1ccsc1C(=O)Nc1ccc(F)cc1. The van der Waals surface area contributed by atoms with Gasteiger partial charge in [0.15, 0.2) is 0 Å². The molecule has 1 N–H and O–H groups in total. The molecule has 1 heterocycles. The van der Waals surface area contributed by atoms with Crippen LogP contribution in [0.1, 0.15) is 9.67 Å². The summed E-state index contributed by atoms with van der Waals surface area (Å²) < 4.78 is 40.0. The molecule has 2 aromatic carbocycles. The molecule has 0 radical (unpaired) electrons. The van der Waals surface area contributed by atoms with Crippen LogP contribution in [0.3, 0.4) is 0 Å². The molecule has 1 aromatic heterocycles. The van der Waals surface area contributed by atoms with Gasteiger partial charge in [0, 0.05) is 17.8 Å². The first-order chi connectivity index (χ1) is 12.8. The van der Waals surface area contributed by atoms with Crippen LogP contribution in [-0.2, 0) is 10.0 Å². The lowest BCUT2D eigenvalue weighted by Crippen LogP contribution is -2.28. The molecule has 0 bridgehead atoms. The van der Waals surface area contributed by atoms with Crippen molar-refractivity contribution in [1.29, 1.82) is 0 Å². The summed E-state index contributed by atoms with van der Waals surface area (Å²) in [5.74, 6) is -1.02. The highest BCUT2D eigenvalue weighted by Gasteiger charge is 2.28. The number of rotatable bonds is 5. The first kappa shape index (κ1) is 19.3. The van der Waals surface area contributed by atoms with Gasteiger partial charge in [-0.15, -0.1) is 11.3 Å². The van der Waals surface area contributed by atoms with E-state index in [0.717, 1.165) is 15.6 Å². The third kappa shape index (κ3) is 4.13. The lowest BCUT2D eigenvalue weighted by atomic mass is 10.3. The number of thiophene rings is 1. The van der Waals surface area contributed by atoms with Crippen LogP contribution in [0, 0.1) is 5.82 Å². The standard InChI is InChI=1S/C18H14ClFN2O3S2/c1-22(15-8-2-12(19)3-9-15)27(24,25)16-10-11-26-17(16)18(23)21-14-6-4-13(20)5-7-14/h2-11H,1H3,(H,21,23). The molecule has 3 rings (SSSR count). The Bertz CT molecular complexity index is 1060. The normalized spacial score (nSPS) is 11.2. The largest absolute Gasteiger partial charge is 0.321 e. The van der Waals surface area contributed by atoms with Gasteiger partial charge in [-0.05, 0) is 60.0 Å². The number of amides is 1. The zero-order valence-corrected chi connectivity index (χ0v) is 16.4. The van der Waals surface area contributed by atoms with Crippen LogP contribution < -0.4 is 9.62 Å². The van der Waals surface area contributed by atoms with E-state index in [1.807, 2.05) is 0 Å². The average molecular weight is 425 g/mol. The molecule has 0 aliphatic heterocycles. The van der Waals surface area contributed by atoms with E-state index in [1.165, 1.54) is 42.8 Å². The second-order valence-electron chi connectivity index (χ2n) is 5.52. The fourth-order valence-electron chi connectivity index (χ4n) is 2.32. The monoisotopic (exact) mass is 424 g/mol. The molecular formula is C18H14ClFN2O3S2. The Morgan fingerprint density at radius 1 is 1.07 bits per heavy atom. The number of carbonyl (C=O) groups excluding carboxylic acids is 1. The summed E-state index contributed by atoms with van der Waals surface area (Å²) in [6, 6.07) is 12.9. The summed E-state index contributed by atoms with van der Waals surface area (Å²) in [7, 11) is -2.56.